The highest BCUT2D eigenvalue weighted by molar-refractivity contribution is 9.10. The van der Waals surface area contributed by atoms with Crippen molar-refractivity contribution >= 4 is 15.9 Å². The molecule has 1 saturated carbocycles. The van der Waals surface area contributed by atoms with Crippen LogP contribution in [0.5, 0.6) is 0 Å². The number of ether oxygens (including phenoxy) is 1. The highest BCUT2D eigenvalue weighted by Gasteiger charge is 2.40. The Kier molecular flexibility index (Phi) is 4.76. The number of aromatic nitrogens is 1. The van der Waals surface area contributed by atoms with Crippen molar-refractivity contribution in [3.05, 3.63) is 28.5 Å². The third-order valence-electron chi connectivity index (χ3n) is 4.04. The summed E-state index contributed by atoms with van der Waals surface area (Å²) in [7, 11) is 3.87. The molecule has 1 aromatic rings. The van der Waals surface area contributed by atoms with E-state index in [-0.39, 0.29) is 5.60 Å². The average Bonchev–Trinajstić information content (AvgIpc) is 2.86. The van der Waals surface area contributed by atoms with Crippen molar-refractivity contribution in [2.24, 2.45) is 0 Å². The fraction of sp³-hybridized carbons (Fsp3) is 0.643. The number of rotatable bonds is 5. The van der Waals surface area contributed by atoms with Gasteiger partial charge >= 0.3 is 0 Å². The van der Waals surface area contributed by atoms with E-state index in [1.807, 2.05) is 26.6 Å². The molecular weight excluding hydrogens is 292 g/mol. The van der Waals surface area contributed by atoms with E-state index in [4.69, 9.17) is 4.74 Å². The van der Waals surface area contributed by atoms with E-state index in [1.54, 1.807) is 0 Å². The van der Waals surface area contributed by atoms with Crippen LogP contribution in [0.2, 0.25) is 0 Å². The molecular formula is C14H21BrN2O. The van der Waals surface area contributed by atoms with Gasteiger partial charge in [-0.3, -0.25) is 4.98 Å². The van der Waals surface area contributed by atoms with Gasteiger partial charge in [0.15, 0.2) is 0 Å². The lowest BCUT2D eigenvalue weighted by Gasteiger charge is -2.36. The Hall–Kier alpha value is -0.450. The Morgan fingerprint density at radius 2 is 2.17 bits per heavy atom. The first-order valence-electron chi connectivity index (χ1n) is 6.52. The molecule has 1 aromatic heterocycles. The molecule has 1 aliphatic carbocycles. The predicted molar refractivity (Wildman–Crippen MR) is 76.7 cm³/mol. The standard InChI is InChI=1S/C14H21BrN2O/c1-16-13(14(18-2)5-3-4-6-14)8-11-7-12(15)10-17-9-11/h7,9-10,13,16H,3-6,8H2,1-2H3. The molecule has 1 aliphatic rings. The third kappa shape index (κ3) is 2.92. The molecule has 2 rings (SSSR count). The lowest BCUT2D eigenvalue weighted by atomic mass is 9.88. The number of nitrogens with one attached hydrogen (secondary N) is 1. The summed E-state index contributed by atoms with van der Waals surface area (Å²) < 4.78 is 6.89. The van der Waals surface area contributed by atoms with Gasteiger partial charge in [0.25, 0.3) is 0 Å². The maximum atomic E-state index is 5.86. The molecule has 1 atom stereocenters. The molecule has 1 fully saturated rings. The molecule has 0 amide bonds. The molecule has 0 aromatic carbocycles. The fourth-order valence-electron chi connectivity index (χ4n) is 3.02. The number of methoxy groups -OCH3 is 1. The first-order chi connectivity index (χ1) is 8.70. The maximum absolute atomic E-state index is 5.86. The lowest BCUT2D eigenvalue weighted by molar-refractivity contribution is -0.0336. The number of halogens is 1. The van der Waals surface area contributed by atoms with Gasteiger partial charge in [-0.1, -0.05) is 12.8 Å². The second kappa shape index (κ2) is 6.13. The van der Waals surface area contributed by atoms with Gasteiger partial charge in [-0.15, -0.1) is 0 Å². The number of nitrogens with zero attached hydrogens (tertiary/aromatic N) is 1. The van der Waals surface area contributed by atoms with Crippen molar-refractivity contribution in [3.8, 4) is 0 Å². The van der Waals surface area contributed by atoms with Crippen molar-refractivity contribution in [1.82, 2.24) is 10.3 Å². The molecule has 1 heterocycles. The van der Waals surface area contributed by atoms with E-state index in [0.29, 0.717) is 6.04 Å². The van der Waals surface area contributed by atoms with Crippen LogP contribution in [0.1, 0.15) is 31.2 Å². The van der Waals surface area contributed by atoms with Gasteiger partial charge in [0.2, 0.25) is 0 Å². The van der Waals surface area contributed by atoms with Crippen LogP contribution in [0.3, 0.4) is 0 Å². The summed E-state index contributed by atoms with van der Waals surface area (Å²) in [5.74, 6) is 0. The minimum atomic E-state index is -0.00291. The van der Waals surface area contributed by atoms with E-state index in [0.717, 1.165) is 23.7 Å². The van der Waals surface area contributed by atoms with Gasteiger partial charge in [-0.25, -0.2) is 0 Å². The molecule has 1 N–H and O–H groups in total. The second-order valence-electron chi connectivity index (χ2n) is 5.03. The van der Waals surface area contributed by atoms with Crippen LogP contribution in [0, 0.1) is 0 Å². The van der Waals surface area contributed by atoms with Crippen LogP contribution in [-0.4, -0.2) is 30.8 Å². The summed E-state index contributed by atoms with van der Waals surface area (Å²) in [5, 5.41) is 3.44. The van der Waals surface area contributed by atoms with Crippen LogP contribution in [0.25, 0.3) is 0 Å². The normalized spacial score (nSPS) is 19.9. The Morgan fingerprint density at radius 1 is 1.44 bits per heavy atom. The maximum Gasteiger partial charge on any atom is 0.0834 e. The summed E-state index contributed by atoms with van der Waals surface area (Å²) in [5.41, 5.74) is 1.24. The number of hydrogen-bond donors (Lipinski definition) is 1. The first-order valence-corrected chi connectivity index (χ1v) is 7.31. The fourth-order valence-corrected chi connectivity index (χ4v) is 3.43. The number of likely N-dealkylation sites (N-methyl/N-ethyl adjacent to an activating group) is 1. The van der Waals surface area contributed by atoms with E-state index in [2.05, 4.69) is 32.3 Å². The summed E-state index contributed by atoms with van der Waals surface area (Å²) in [6.07, 6.45) is 9.54. The monoisotopic (exact) mass is 312 g/mol. The molecule has 100 valence electrons. The van der Waals surface area contributed by atoms with Crippen molar-refractivity contribution in [1.29, 1.82) is 0 Å². The predicted octanol–water partition coefficient (Wildman–Crippen LogP) is 2.93. The molecule has 0 bridgehead atoms. The van der Waals surface area contributed by atoms with Crippen molar-refractivity contribution < 1.29 is 4.74 Å². The van der Waals surface area contributed by atoms with Gasteiger partial charge in [0.1, 0.15) is 0 Å². The van der Waals surface area contributed by atoms with Crippen LogP contribution in [-0.2, 0) is 11.2 Å². The zero-order chi connectivity index (χ0) is 13.0. The summed E-state index contributed by atoms with van der Waals surface area (Å²) in [6.45, 7) is 0. The molecule has 0 saturated heterocycles. The van der Waals surface area contributed by atoms with Crippen molar-refractivity contribution in [2.45, 2.75) is 43.7 Å². The molecule has 0 radical (unpaired) electrons. The van der Waals surface area contributed by atoms with Gasteiger partial charge in [-0.2, -0.15) is 0 Å². The van der Waals surface area contributed by atoms with Crippen LogP contribution in [0.15, 0.2) is 22.9 Å². The minimum absolute atomic E-state index is 0.00291. The molecule has 1 unspecified atom stereocenters. The van der Waals surface area contributed by atoms with Gasteiger partial charge in [-0.05, 0) is 53.9 Å². The van der Waals surface area contributed by atoms with E-state index in [9.17, 15) is 0 Å². The molecule has 0 spiro atoms. The average molecular weight is 313 g/mol. The quantitative estimate of drug-likeness (QED) is 0.907. The Morgan fingerprint density at radius 3 is 2.72 bits per heavy atom. The summed E-state index contributed by atoms with van der Waals surface area (Å²) in [6, 6.07) is 2.48. The van der Waals surface area contributed by atoms with Crippen molar-refractivity contribution in [3.63, 3.8) is 0 Å². The zero-order valence-electron chi connectivity index (χ0n) is 11.1. The first kappa shape index (κ1) is 14.0. The van der Waals surface area contributed by atoms with Crippen LogP contribution in [0.4, 0.5) is 0 Å². The van der Waals surface area contributed by atoms with Gasteiger partial charge in [0, 0.05) is 30.0 Å². The Bertz CT molecular complexity index is 391. The van der Waals surface area contributed by atoms with Crippen LogP contribution < -0.4 is 5.32 Å². The Balaban J connectivity index is 2.13. The second-order valence-corrected chi connectivity index (χ2v) is 5.95. The highest BCUT2D eigenvalue weighted by atomic mass is 79.9. The zero-order valence-corrected chi connectivity index (χ0v) is 12.7. The summed E-state index contributed by atoms with van der Waals surface area (Å²) in [4.78, 5) is 4.23. The van der Waals surface area contributed by atoms with E-state index >= 15 is 0 Å². The molecule has 18 heavy (non-hydrogen) atoms. The number of hydrogen-bond acceptors (Lipinski definition) is 3. The van der Waals surface area contributed by atoms with Crippen molar-refractivity contribution in [2.75, 3.05) is 14.2 Å². The SMILES string of the molecule is CNC(Cc1cncc(Br)c1)C1(OC)CCCC1. The largest absolute Gasteiger partial charge is 0.377 e. The molecule has 3 nitrogen and oxygen atoms in total. The van der Waals surface area contributed by atoms with Crippen LogP contribution >= 0.6 is 15.9 Å². The third-order valence-corrected chi connectivity index (χ3v) is 4.47. The topological polar surface area (TPSA) is 34.2 Å². The molecule has 4 heteroatoms. The number of pyridine rings is 1. The Labute approximate surface area is 117 Å². The van der Waals surface area contributed by atoms with Gasteiger partial charge in [0.05, 0.1) is 5.60 Å². The lowest BCUT2D eigenvalue weighted by Crippen LogP contribution is -2.50. The van der Waals surface area contributed by atoms with E-state index < -0.39 is 0 Å². The highest BCUT2D eigenvalue weighted by Crippen LogP contribution is 2.36. The summed E-state index contributed by atoms with van der Waals surface area (Å²) >= 11 is 3.47. The minimum Gasteiger partial charge on any atom is -0.377 e. The smallest absolute Gasteiger partial charge is 0.0834 e. The molecule has 0 aliphatic heterocycles. The van der Waals surface area contributed by atoms with Gasteiger partial charge < -0.3 is 10.1 Å². The van der Waals surface area contributed by atoms with E-state index in [1.165, 1.54) is 18.4 Å².